The molecule has 0 aliphatic carbocycles. The molecule has 1 rings (SSSR count). The first kappa shape index (κ1) is 11.8. The second-order valence-electron chi connectivity index (χ2n) is 3.52. The molecule has 6 heteroatoms. The minimum atomic E-state index is -1.23. The van der Waals surface area contributed by atoms with Crippen molar-refractivity contribution in [3.63, 3.8) is 0 Å². The van der Waals surface area contributed by atoms with Crippen molar-refractivity contribution in [2.45, 2.75) is 24.4 Å². The number of rotatable bonds is 3. The number of likely N-dealkylation sites (tertiary alicyclic amines) is 1. The lowest BCUT2D eigenvalue weighted by molar-refractivity contribution is -0.146. The van der Waals surface area contributed by atoms with Crippen LogP contribution in [-0.4, -0.2) is 81.1 Å². The second kappa shape index (κ2) is 5.01. The Morgan fingerprint density at radius 3 is 2.21 bits per heavy atom. The molecule has 6 nitrogen and oxygen atoms in total. The maximum atomic E-state index is 9.51. The molecule has 0 saturated carbocycles. The normalized spacial score (nSPS) is 40.1. The lowest BCUT2D eigenvalue weighted by atomic mass is 9.94. The Morgan fingerprint density at radius 1 is 1.07 bits per heavy atom. The molecule has 1 heterocycles. The van der Waals surface area contributed by atoms with E-state index in [0.29, 0.717) is 0 Å². The van der Waals surface area contributed by atoms with Gasteiger partial charge in [-0.1, -0.05) is 0 Å². The summed E-state index contributed by atoms with van der Waals surface area (Å²) < 4.78 is 0. The van der Waals surface area contributed by atoms with Gasteiger partial charge in [0, 0.05) is 13.1 Å². The van der Waals surface area contributed by atoms with E-state index in [1.807, 2.05) is 0 Å². The minimum absolute atomic E-state index is 0.119. The van der Waals surface area contributed by atoms with Crippen molar-refractivity contribution in [3.05, 3.63) is 0 Å². The fraction of sp³-hybridized carbons (Fsp3) is 1.00. The number of hydrogen-bond donors (Lipinski definition) is 5. The van der Waals surface area contributed by atoms with E-state index in [-0.39, 0.29) is 26.3 Å². The third-order valence-electron chi connectivity index (χ3n) is 2.60. The molecule has 1 fully saturated rings. The summed E-state index contributed by atoms with van der Waals surface area (Å²) >= 11 is 0. The summed E-state index contributed by atoms with van der Waals surface area (Å²) in [4.78, 5) is 1.56. The molecule has 4 atom stereocenters. The van der Waals surface area contributed by atoms with Crippen molar-refractivity contribution in [1.29, 1.82) is 0 Å². The number of hydrogen-bond acceptors (Lipinski definition) is 6. The van der Waals surface area contributed by atoms with Crippen LogP contribution in [0.5, 0.6) is 0 Å². The summed E-state index contributed by atoms with van der Waals surface area (Å²) in [5.74, 6) is 0. The van der Waals surface area contributed by atoms with Crippen molar-refractivity contribution in [3.8, 4) is 0 Å². The predicted octanol–water partition coefficient (Wildman–Crippen LogP) is -3.26. The van der Waals surface area contributed by atoms with E-state index in [4.69, 9.17) is 10.2 Å². The van der Waals surface area contributed by atoms with Crippen LogP contribution in [0.1, 0.15) is 0 Å². The minimum Gasteiger partial charge on any atom is -0.395 e. The smallest absolute Gasteiger partial charge is 0.109 e. The largest absolute Gasteiger partial charge is 0.395 e. The lowest BCUT2D eigenvalue weighted by Crippen LogP contribution is -2.62. The monoisotopic (exact) mass is 207 g/mol. The second-order valence-corrected chi connectivity index (χ2v) is 3.52. The fourth-order valence-electron chi connectivity index (χ4n) is 1.76. The van der Waals surface area contributed by atoms with Gasteiger partial charge in [0.2, 0.25) is 0 Å². The predicted molar refractivity (Wildman–Crippen MR) is 47.6 cm³/mol. The van der Waals surface area contributed by atoms with Gasteiger partial charge in [0.05, 0.1) is 25.4 Å². The highest BCUT2D eigenvalue weighted by molar-refractivity contribution is 4.93. The van der Waals surface area contributed by atoms with E-state index in [0.717, 1.165) is 0 Å². The number of nitrogens with zero attached hydrogens (tertiary/aromatic N) is 1. The Kier molecular flexibility index (Phi) is 4.24. The van der Waals surface area contributed by atoms with E-state index in [9.17, 15) is 15.3 Å². The summed E-state index contributed by atoms with van der Waals surface area (Å²) in [7, 11) is 0. The topological polar surface area (TPSA) is 104 Å². The van der Waals surface area contributed by atoms with Crippen molar-refractivity contribution in [2.24, 2.45) is 0 Å². The van der Waals surface area contributed by atoms with Crippen molar-refractivity contribution < 1.29 is 25.5 Å². The first-order valence-electron chi connectivity index (χ1n) is 4.61. The van der Waals surface area contributed by atoms with E-state index in [1.54, 1.807) is 4.90 Å². The van der Waals surface area contributed by atoms with Gasteiger partial charge in [0.1, 0.15) is 12.2 Å². The molecule has 0 bridgehead atoms. The molecule has 0 aromatic heterocycles. The van der Waals surface area contributed by atoms with Crippen molar-refractivity contribution in [1.82, 2.24) is 4.90 Å². The standard InChI is InChI=1S/C8H17NO5/c10-2-1-9-3-6(12)8(14)7(13)5(9)4-11/h5-8,10-14H,1-4H2/t5-,6-,7-,8+/m0/s1. The summed E-state index contributed by atoms with van der Waals surface area (Å²) in [6.45, 7) is -0.0347. The molecule has 0 aromatic rings. The number of piperidine rings is 1. The maximum absolute atomic E-state index is 9.51. The Bertz CT molecular complexity index is 179. The molecular weight excluding hydrogens is 190 g/mol. The molecule has 1 saturated heterocycles. The zero-order valence-electron chi connectivity index (χ0n) is 7.82. The molecule has 0 amide bonds. The third-order valence-corrected chi connectivity index (χ3v) is 2.60. The van der Waals surface area contributed by atoms with Gasteiger partial charge in [-0.25, -0.2) is 0 Å². The highest BCUT2D eigenvalue weighted by atomic mass is 16.4. The van der Waals surface area contributed by atoms with Crippen molar-refractivity contribution in [2.75, 3.05) is 26.3 Å². The highest BCUT2D eigenvalue weighted by Gasteiger charge is 2.40. The van der Waals surface area contributed by atoms with Crippen LogP contribution in [0.2, 0.25) is 0 Å². The summed E-state index contributed by atoms with van der Waals surface area (Å²) in [6.07, 6.45) is -3.46. The highest BCUT2D eigenvalue weighted by Crippen LogP contribution is 2.18. The molecule has 0 aromatic carbocycles. The van der Waals surface area contributed by atoms with Gasteiger partial charge in [-0.3, -0.25) is 4.90 Å². The number of aliphatic hydroxyl groups excluding tert-OH is 5. The van der Waals surface area contributed by atoms with Gasteiger partial charge in [-0.05, 0) is 0 Å². The Balaban J connectivity index is 2.66. The number of aliphatic hydroxyl groups is 5. The Labute approximate surface area is 82.0 Å². The van der Waals surface area contributed by atoms with Gasteiger partial charge in [0.25, 0.3) is 0 Å². The Hall–Kier alpha value is -0.240. The van der Waals surface area contributed by atoms with Gasteiger partial charge in [0.15, 0.2) is 0 Å². The summed E-state index contributed by atoms with van der Waals surface area (Å²) in [5, 5.41) is 45.9. The average Bonchev–Trinajstić information content (AvgIpc) is 2.16. The van der Waals surface area contributed by atoms with Crippen LogP contribution in [0, 0.1) is 0 Å². The van der Waals surface area contributed by atoms with Crippen LogP contribution in [0.15, 0.2) is 0 Å². The zero-order valence-corrected chi connectivity index (χ0v) is 7.82. The van der Waals surface area contributed by atoms with Crippen LogP contribution in [0.4, 0.5) is 0 Å². The molecule has 14 heavy (non-hydrogen) atoms. The van der Waals surface area contributed by atoms with Crippen LogP contribution in [0.3, 0.4) is 0 Å². The molecule has 1 aliphatic rings. The van der Waals surface area contributed by atoms with E-state index >= 15 is 0 Å². The molecule has 0 unspecified atom stereocenters. The molecule has 5 N–H and O–H groups in total. The van der Waals surface area contributed by atoms with Gasteiger partial charge in [-0.15, -0.1) is 0 Å². The summed E-state index contributed by atoms with van der Waals surface area (Å²) in [5.41, 5.74) is 0. The summed E-state index contributed by atoms with van der Waals surface area (Å²) in [6, 6.07) is -0.624. The lowest BCUT2D eigenvalue weighted by Gasteiger charge is -2.42. The van der Waals surface area contributed by atoms with Crippen LogP contribution in [0.25, 0.3) is 0 Å². The van der Waals surface area contributed by atoms with E-state index in [2.05, 4.69) is 0 Å². The molecule has 1 aliphatic heterocycles. The first-order valence-corrected chi connectivity index (χ1v) is 4.61. The molecular formula is C8H17NO5. The van der Waals surface area contributed by atoms with E-state index in [1.165, 1.54) is 0 Å². The Morgan fingerprint density at radius 2 is 1.71 bits per heavy atom. The van der Waals surface area contributed by atoms with Crippen LogP contribution in [-0.2, 0) is 0 Å². The molecule has 0 radical (unpaired) electrons. The maximum Gasteiger partial charge on any atom is 0.109 e. The van der Waals surface area contributed by atoms with Gasteiger partial charge < -0.3 is 25.5 Å². The van der Waals surface area contributed by atoms with Crippen LogP contribution < -0.4 is 0 Å². The fourth-order valence-corrected chi connectivity index (χ4v) is 1.76. The van der Waals surface area contributed by atoms with Gasteiger partial charge in [-0.2, -0.15) is 0 Å². The average molecular weight is 207 g/mol. The molecule has 84 valence electrons. The SMILES string of the molecule is OCCN1C[C@H](O)[C@@H](O)[C@@H](O)[C@@H]1CO. The van der Waals surface area contributed by atoms with E-state index < -0.39 is 24.4 Å². The van der Waals surface area contributed by atoms with Gasteiger partial charge >= 0.3 is 0 Å². The molecule has 0 spiro atoms. The quantitative estimate of drug-likeness (QED) is 0.333. The van der Waals surface area contributed by atoms with Crippen molar-refractivity contribution >= 4 is 0 Å². The zero-order chi connectivity index (χ0) is 10.7. The third kappa shape index (κ3) is 2.22. The first-order chi connectivity index (χ1) is 6.61. The van der Waals surface area contributed by atoms with Crippen LogP contribution >= 0.6 is 0 Å². The number of β-amino-alcohol motifs (C(OH)–C–C–N with tert-alkyl or cyclic N) is 2.